The summed E-state index contributed by atoms with van der Waals surface area (Å²) < 4.78 is 22.5. The molecule has 0 aliphatic heterocycles. The molecule has 0 spiro atoms. The normalized spacial score (nSPS) is 12.9. The number of nitrogens with two attached hydrogens (primary N) is 1. The summed E-state index contributed by atoms with van der Waals surface area (Å²) in [6.45, 7) is 6.16. The largest absolute Gasteiger partial charge is 0.346 e. The molecule has 5 nitrogen and oxygen atoms in total. The molecule has 0 aromatic heterocycles. The van der Waals surface area contributed by atoms with Gasteiger partial charge in [0, 0.05) is 5.56 Å². The summed E-state index contributed by atoms with van der Waals surface area (Å²) in [6, 6.07) is 13.5. The van der Waals surface area contributed by atoms with Crippen molar-refractivity contribution in [2.75, 3.05) is 0 Å². The Balaban J connectivity index is 2.08. The van der Waals surface area contributed by atoms with Crippen molar-refractivity contribution in [2.45, 2.75) is 37.6 Å². The molecule has 2 aromatic rings. The number of rotatable bonds is 5. The monoisotopic (exact) mass is 346 g/mol. The highest BCUT2D eigenvalue weighted by atomic mass is 32.2. The highest BCUT2D eigenvalue weighted by Gasteiger charge is 2.13. The van der Waals surface area contributed by atoms with Crippen LogP contribution < -0.4 is 10.5 Å². The maximum absolute atomic E-state index is 12.3. The van der Waals surface area contributed by atoms with Gasteiger partial charge in [0.2, 0.25) is 10.0 Å². The molecular weight excluding hydrogens is 324 g/mol. The molecule has 1 amide bonds. The van der Waals surface area contributed by atoms with Gasteiger partial charge in [0.15, 0.2) is 0 Å². The van der Waals surface area contributed by atoms with Gasteiger partial charge >= 0.3 is 0 Å². The van der Waals surface area contributed by atoms with Gasteiger partial charge in [-0.3, -0.25) is 4.79 Å². The quantitative estimate of drug-likeness (QED) is 0.872. The third-order valence-corrected chi connectivity index (χ3v) is 4.83. The minimum atomic E-state index is -3.75. The fourth-order valence-corrected chi connectivity index (χ4v) is 2.84. The Labute approximate surface area is 142 Å². The minimum Gasteiger partial charge on any atom is -0.346 e. The minimum absolute atomic E-state index is 0.0172. The lowest BCUT2D eigenvalue weighted by molar-refractivity contribution is 0.0940. The number of sulfonamides is 1. The lowest BCUT2D eigenvalue weighted by Crippen LogP contribution is -2.26. The predicted octanol–water partition coefficient (Wildman–Crippen LogP) is 2.95. The topological polar surface area (TPSA) is 89.3 Å². The molecule has 24 heavy (non-hydrogen) atoms. The van der Waals surface area contributed by atoms with Gasteiger partial charge in [-0.2, -0.15) is 0 Å². The fraction of sp³-hybridized carbons (Fsp3) is 0.278. The summed E-state index contributed by atoms with van der Waals surface area (Å²) >= 11 is 0. The van der Waals surface area contributed by atoms with Crippen molar-refractivity contribution in [3.63, 3.8) is 0 Å². The van der Waals surface area contributed by atoms with Crippen molar-refractivity contribution in [1.82, 2.24) is 5.32 Å². The van der Waals surface area contributed by atoms with E-state index in [1.807, 2.05) is 19.1 Å². The number of primary sulfonamides is 1. The van der Waals surface area contributed by atoms with E-state index in [-0.39, 0.29) is 16.8 Å². The second-order valence-electron chi connectivity index (χ2n) is 6.09. The Morgan fingerprint density at radius 1 is 0.917 bits per heavy atom. The van der Waals surface area contributed by atoms with Crippen LogP contribution in [0.2, 0.25) is 0 Å². The van der Waals surface area contributed by atoms with Gasteiger partial charge in [-0.25, -0.2) is 13.6 Å². The molecule has 0 saturated carbocycles. The van der Waals surface area contributed by atoms with Gasteiger partial charge in [-0.15, -0.1) is 0 Å². The Morgan fingerprint density at radius 3 is 1.88 bits per heavy atom. The summed E-state index contributed by atoms with van der Waals surface area (Å²) in [4.78, 5) is 12.3. The van der Waals surface area contributed by atoms with E-state index in [4.69, 9.17) is 5.14 Å². The molecule has 0 heterocycles. The average molecular weight is 346 g/mol. The SMILES string of the molecule is CC(C)c1ccc(C(C)NC(=O)c2ccc(S(N)(=O)=O)cc2)cc1. The van der Waals surface area contributed by atoms with Gasteiger partial charge in [0.25, 0.3) is 5.91 Å². The van der Waals surface area contributed by atoms with E-state index in [0.717, 1.165) is 5.56 Å². The fourth-order valence-electron chi connectivity index (χ4n) is 2.33. The van der Waals surface area contributed by atoms with Crippen LogP contribution in [0.25, 0.3) is 0 Å². The summed E-state index contributed by atoms with van der Waals surface area (Å²) in [5.74, 6) is 0.192. The second-order valence-corrected chi connectivity index (χ2v) is 7.65. The van der Waals surface area contributed by atoms with Crippen LogP contribution in [0.15, 0.2) is 53.4 Å². The highest BCUT2D eigenvalue weighted by Crippen LogP contribution is 2.19. The number of carbonyl (C=O) groups is 1. The van der Waals surface area contributed by atoms with Crippen molar-refractivity contribution in [2.24, 2.45) is 5.14 Å². The maximum atomic E-state index is 12.3. The number of amides is 1. The molecule has 2 rings (SSSR count). The van der Waals surface area contributed by atoms with E-state index in [2.05, 4.69) is 31.3 Å². The summed E-state index contributed by atoms with van der Waals surface area (Å²) in [6.07, 6.45) is 0. The van der Waals surface area contributed by atoms with Crippen molar-refractivity contribution in [3.8, 4) is 0 Å². The van der Waals surface area contributed by atoms with E-state index in [9.17, 15) is 13.2 Å². The third-order valence-electron chi connectivity index (χ3n) is 3.90. The second kappa shape index (κ2) is 7.15. The van der Waals surface area contributed by atoms with Crippen LogP contribution >= 0.6 is 0 Å². The molecule has 0 saturated heterocycles. The third kappa shape index (κ3) is 4.43. The van der Waals surface area contributed by atoms with Gasteiger partial charge in [0.05, 0.1) is 10.9 Å². The highest BCUT2D eigenvalue weighted by molar-refractivity contribution is 7.89. The molecule has 128 valence electrons. The first kappa shape index (κ1) is 18.2. The molecule has 1 atom stereocenters. The Hall–Kier alpha value is -2.18. The zero-order valence-corrected chi connectivity index (χ0v) is 14.8. The Bertz CT molecular complexity index is 810. The van der Waals surface area contributed by atoms with Crippen LogP contribution in [0.1, 0.15) is 54.2 Å². The summed E-state index contributed by atoms with van der Waals surface area (Å²) in [7, 11) is -3.75. The first-order valence-electron chi connectivity index (χ1n) is 7.72. The van der Waals surface area contributed by atoms with Gasteiger partial charge in [0.1, 0.15) is 0 Å². The lowest BCUT2D eigenvalue weighted by atomic mass is 9.99. The lowest BCUT2D eigenvalue weighted by Gasteiger charge is -2.15. The number of nitrogens with one attached hydrogen (secondary N) is 1. The zero-order valence-electron chi connectivity index (χ0n) is 14.0. The van der Waals surface area contributed by atoms with E-state index in [1.165, 1.54) is 29.8 Å². The number of hydrogen-bond acceptors (Lipinski definition) is 3. The number of benzene rings is 2. The molecule has 0 radical (unpaired) electrons. The standard InChI is InChI=1S/C18H22N2O3S/c1-12(2)14-4-6-15(7-5-14)13(3)20-18(21)16-8-10-17(11-9-16)24(19,22)23/h4-13H,1-3H3,(H,20,21)(H2,19,22,23). The first-order chi connectivity index (χ1) is 11.2. The smallest absolute Gasteiger partial charge is 0.251 e. The van der Waals surface area contributed by atoms with Crippen molar-refractivity contribution in [1.29, 1.82) is 0 Å². The van der Waals surface area contributed by atoms with Crippen LogP contribution in [-0.4, -0.2) is 14.3 Å². The van der Waals surface area contributed by atoms with Gasteiger partial charge < -0.3 is 5.32 Å². The van der Waals surface area contributed by atoms with Crippen LogP contribution in [0.4, 0.5) is 0 Å². The van der Waals surface area contributed by atoms with Crippen LogP contribution in [0.5, 0.6) is 0 Å². The molecule has 0 aliphatic rings. The zero-order chi connectivity index (χ0) is 17.9. The van der Waals surface area contributed by atoms with E-state index in [0.29, 0.717) is 11.5 Å². The molecule has 0 bridgehead atoms. The van der Waals surface area contributed by atoms with Gasteiger partial charge in [-0.05, 0) is 48.2 Å². The number of hydrogen-bond donors (Lipinski definition) is 2. The van der Waals surface area contributed by atoms with Crippen LogP contribution in [-0.2, 0) is 10.0 Å². The van der Waals surface area contributed by atoms with Crippen molar-refractivity contribution >= 4 is 15.9 Å². The summed E-state index contributed by atoms with van der Waals surface area (Å²) in [5, 5.41) is 7.94. The van der Waals surface area contributed by atoms with E-state index < -0.39 is 10.0 Å². The van der Waals surface area contributed by atoms with Crippen molar-refractivity contribution in [3.05, 3.63) is 65.2 Å². The van der Waals surface area contributed by atoms with Crippen LogP contribution in [0, 0.1) is 0 Å². The average Bonchev–Trinajstić information content (AvgIpc) is 2.54. The number of carbonyl (C=O) groups excluding carboxylic acids is 1. The van der Waals surface area contributed by atoms with Gasteiger partial charge in [-0.1, -0.05) is 38.1 Å². The summed E-state index contributed by atoms with van der Waals surface area (Å²) in [5.41, 5.74) is 2.64. The predicted molar refractivity (Wildman–Crippen MR) is 94.2 cm³/mol. The van der Waals surface area contributed by atoms with E-state index >= 15 is 0 Å². The maximum Gasteiger partial charge on any atom is 0.251 e. The van der Waals surface area contributed by atoms with E-state index in [1.54, 1.807) is 0 Å². The van der Waals surface area contributed by atoms with Crippen molar-refractivity contribution < 1.29 is 13.2 Å². The Morgan fingerprint density at radius 2 is 1.42 bits per heavy atom. The van der Waals surface area contributed by atoms with Crippen LogP contribution in [0.3, 0.4) is 0 Å². The molecule has 0 fully saturated rings. The first-order valence-corrected chi connectivity index (χ1v) is 9.26. The molecule has 2 aromatic carbocycles. The molecule has 6 heteroatoms. The molecule has 0 aliphatic carbocycles. The molecule has 3 N–H and O–H groups in total. The Kier molecular flexibility index (Phi) is 5.41. The molecular formula is C18H22N2O3S. The molecule has 1 unspecified atom stereocenters.